The third kappa shape index (κ3) is 963. The number of hydrogen-bond acceptors (Lipinski definition) is 10. The van der Waals surface area contributed by atoms with E-state index in [0.717, 1.165) is 27.7 Å². The first-order chi connectivity index (χ1) is 8.93. The number of carbonyl (C=O) groups excluding carboxylic acids is 6. The van der Waals surface area contributed by atoms with Crippen molar-refractivity contribution >= 4 is 37.5 Å². The van der Waals surface area contributed by atoms with Crippen LogP contribution in [0.25, 0.3) is 0 Å². The van der Waals surface area contributed by atoms with Gasteiger partial charge in [-0.05, 0) is 27.7 Å². The summed E-state index contributed by atoms with van der Waals surface area (Å²) in [7, 11) is 0. The number of carboxylic acid groups (broad SMARTS) is 4. The molecule has 11 heteroatoms. The van der Waals surface area contributed by atoms with Crippen molar-refractivity contribution in [3.8, 4) is 0 Å². The third-order valence-corrected chi connectivity index (χ3v) is 0. The molecule has 0 aromatic rings. The van der Waals surface area contributed by atoms with Gasteiger partial charge in [0.2, 0.25) is 0 Å². The van der Waals surface area contributed by atoms with Crippen molar-refractivity contribution < 1.29 is 68.7 Å². The molecule has 0 saturated carbocycles. The molecule has 0 bridgehead atoms. The Morgan fingerprint density at radius 1 is 0.524 bits per heavy atom. The molecule has 0 fully saturated rings. The summed E-state index contributed by atoms with van der Waals surface area (Å²) in [6.45, 7) is 12.9. The van der Waals surface area contributed by atoms with E-state index in [4.69, 9.17) is 49.2 Å². The van der Waals surface area contributed by atoms with Crippen molar-refractivity contribution in [2.75, 3.05) is 0 Å². The van der Waals surface area contributed by atoms with Gasteiger partial charge in [0.25, 0.3) is 13.6 Å². The van der Waals surface area contributed by atoms with Crippen molar-refractivity contribution in [2.24, 2.45) is 0 Å². The number of aliphatic carboxylic acids is 4. The Morgan fingerprint density at radius 2 is 0.524 bits per heavy atom. The van der Waals surface area contributed by atoms with E-state index in [2.05, 4.69) is 13.6 Å². The van der Waals surface area contributed by atoms with Gasteiger partial charge in [0.15, 0.2) is 0 Å². The van der Waals surface area contributed by atoms with Crippen LogP contribution in [0.4, 0.5) is 0 Å². The smallest absolute Gasteiger partial charge is 0.550 e. The summed E-state index contributed by atoms with van der Waals surface area (Å²) in [6.07, 6.45) is 0. The fraction of sp³-hybridized carbons (Fsp3) is 0.400. The van der Waals surface area contributed by atoms with Crippen LogP contribution in [0.3, 0.4) is 0 Å². The predicted octanol–water partition coefficient (Wildman–Crippen LogP) is -5.77. The summed E-state index contributed by atoms with van der Waals surface area (Å²) in [5.41, 5.74) is 0. The molecule has 0 aliphatic rings. The zero-order valence-electron chi connectivity index (χ0n) is 11.4. The number of rotatable bonds is 0. The van der Waals surface area contributed by atoms with Gasteiger partial charge < -0.3 is 39.6 Å². The van der Waals surface area contributed by atoms with Crippen LogP contribution in [-0.2, 0) is 48.2 Å². The van der Waals surface area contributed by atoms with Crippen LogP contribution in [0, 0.1) is 0 Å². The standard InChI is InChI=1S/4C2H4O2.2CO.Ru/c4*1-2(3)4;2*1-2;/h4*1H3,(H,3,4);;;/q;;;;;;+4/p-4. The maximum atomic E-state index is 8.89. The molecule has 0 aliphatic heterocycles. The van der Waals surface area contributed by atoms with Crippen molar-refractivity contribution in [2.45, 2.75) is 27.7 Å². The first-order valence-electron chi connectivity index (χ1n) is 4.04. The number of carboxylic acids is 4. The third-order valence-electron chi connectivity index (χ3n) is 0. The second-order valence-electron chi connectivity index (χ2n) is 1.97. The van der Waals surface area contributed by atoms with Gasteiger partial charge in [-0.3, -0.25) is 9.59 Å². The maximum Gasteiger partial charge on any atom is 4.00 e. The zero-order valence-corrected chi connectivity index (χ0v) is 13.2. The van der Waals surface area contributed by atoms with Crippen LogP contribution in [0.15, 0.2) is 0 Å². The maximum absolute atomic E-state index is 8.89. The van der Waals surface area contributed by atoms with Gasteiger partial charge in [0.1, 0.15) is 0 Å². The van der Waals surface area contributed by atoms with Crippen molar-refractivity contribution in [3.63, 3.8) is 0 Å². The number of hydrogen-bond donors (Lipinski definition) is 0. The molecule has 0 N–H and O–H groups in total. The molecule has 120 valence electrons. The van der Waals surface area contributed by atoms with Crippen LogP contribution in [0.2, 0.25) is 0 Å². The molecule has 0 aliphatic carbocycles. The second kappa shape index (κ2) is 52.2. The molecule has 0 unspecified atom stereocenters. The molecule has 0 aromatic heterocycles. The molecule has 0 saturated heterocycles. The molecular formula is C10H12O10Ru. The minimum atomic E-state index is -1.08. The van der Waals surface area contributed by atoms with Crippen molar-refractivity contribution in [3.05, 3.63) is 0 Å². The van der Waals surface area contributed by atoms with Gasteiger partial charge in [-0.15, -0.1) is 0 Å². The summed E-state index contributed by atoms with van der Waals surface area (Å²) in [5, 5.41) is 35.6. The van der Waals surface area contributed by atoms with Gasteiger partial charge >= 0.3 is 19.5 Å². The molecular weight excluding hydrogens is 381 g/mol. The summed E-state index contributed by atoms with van der Waals surface area (Å²) >= 11 is 0. The number of carbonyl (C=O) groups is 4. The van der Waals surface area contributed by atoms with Crippen LogP contribution in [0.5, 0.6) is 0 Å². The molecule has 0 atom stereocenters. The van der Waals surface area contributed by atoms with Crippen LogP contribution in [-0.4, -0.2) is 37.5 Å². The van der Waals surface area contributed by atoms with Gasteiger partial charge in [0.05, 0.1) is 0 Å². The Kier molecular flexibility index (Phi) is 106. The largest absolute Gasteiger partial charge is 4.00 e. The minimum absolute atomic E-state index is 0. The monoisotopic (exact) mass is 394 g/mol. The van der Waals surface area contributed by atoms with Crippen molar-refractivity contribution in [1.82, 2.24) is 0 Å². The van der Waals surface area contributed by atoms with Crippen LogP contribution in [0.1, 0.15) is 27.7 Å². The molecule has 0 amide bonds. The molecule has 0 spiro atoms. The zero-order chi connectivity index (χ0) is 18.3. The van der Waals surface area contributed by atoms with E-state index in [9.17, 15) is 0 Å². The van der Waals surface area contributed by atoms with E-state index >= 15 is 0 Å². The fourth-order valence-electron chi connectivity index (χ4n) is 0. The normalized spacial score (nSPS) is 5.14. The Morgan fingerprint density at radius 3 is 0.524 bits per heavy atom. The van der Waals surface area contributed by atoms with Gasteiger partial charge in [-0.25, -0.2) is 0 Å². The summed E-state index contributed by atoms with van der Waals surface area (Å²) in [6, 6.07) is 0. The summed E-state index contributed by atoms with van der Waals surface area (Å²) in [5.74, 6) is -4.33. The minimum Gasteiger partial charge on any atom is -0.550 e. The van der Waals surface area contributed by atoms with E-state index in [0.29, 0.717) is 0 Å². The van der Waals surface area contributed by atoms with Crippen molar-refractivity contribution in [1.29, 1.82) is 0 Å². The average molecular weight is 393 g/mol. The molecule has 21 heavy (non-hydrogen) atoms. The molecule has 4 radical (unpaired) electrons. The quantitative estimate of drug-likeness (QED) is 0.358. The SMILES string of the molecule is CC(=O)[O-].CC(=O)[O-].CC(=O)[O-].CC(=O)[O-].[C]=O.[C]=O.[Ru+4]. The van der Waals surface area contributed by atoms with E-state index in [1.807, 2.05) is 0 Å². The first kappa shape index (κ1) is 42.8. The average Bonchev–Trinajstić information content (AvgIpc) is 2.19. The molecule has 0 aromatic carbocycles. The van der Waals surface area contributed by atoms with E-state index in [1.165, 1.54) is 0 Å². The van der Waals surface area contributed by atoms with E-state index in [-0.39, 0.29) is 19.5 Å². The summed E-state index contributed by atoms with van der Waals surface area (Å²) in [4.78, 5) is 50.6. The van der Waals surface area contributed by atoms with Crippen LogP contribution < -0.4 is 20.4 Å². The predicted molar refractivity (Wildman–Crippen MR) is 54.1 cm³/mol. The van der Waals surface area contributed by atoms with Gasteiger partial charge in [-0.2, -0.15) is 0 Å². The topological polar surface area (TPSA) is 195 Å². The molecule has 0 heterocycles. The Hall–Kier alpha value is -2.16. The van der Waals surface area contributed by atoms with E-state index in [1.54, 1.807) is 0 Å². The van der Waals surface area contributed by atoms with Gasteiger partial charge in [0, 0.05) is 23.9 Å². The molecule has 0 rings (SSSR count). The Balaban J connectivity index is -0.0000000227. The van der Waals surface area contributed by atoms with E-state index < -0.39 is 23.9 Å². The first-order valence-corrected chi connectivity index (χ1v) is 4.04. The Bertz CT molecular complexity index is 188. The Labute approximate surface area is 134 Å². The summed E-state index contributed by atoms with van der Waals surface area (Å²) < 4.78 is 0. The molecule has 10 nitrogen and oxygen atoms in total. The second-order valence-corrected chi connectivity index (χ2v) is 1.97. The van der Waals surface area contributed by atoms with Crippen LogP contribution >= 0.6 is 0 Å². The van der Waals surface area contributed by atoms with Gasteiger partial charge in [-0.1, -0.05) is 0 Å². The fourth-order valence-corrected chi connectivity index (χ4v) is 0.